The van der Waals surface area contributed by atoms with Gasteiger partial charge in [0.1, 0.15) is 11.6 Å². The Morgan fingerprint density at radius 2 is 1.30 bits per heavy atom. The van der Waals surface area contributed by atoms with Crippen LogP contribution in [0.2, 0.25) is 0 Å². The minimum absolute atomic E-state index is 0.0527. The van der Waals surface area contributed by atoms with Crippen LogP contribution in [0, 0.1) is 5.82 Å². The van der Waals surface area contributed by atoms with Gasteiger partial charge in [0, 0.05) is 11.4 Å². The Hall–Kier alpha value is -2.89. The van der Waals surface area contributed by atoms with Gasteiger partial charge in [0.25, 0.3) is 0 Å². The summed E-state index contributed by atoms with van der Waals surface area (Å²) in [5, 5.41) is 4.86. The number of anilines is 2. The molecule has 0 bridgehead atoms. The van der Waals surface area contributed by atoms with Crippen molar-refractivity contribution in [2.45, 2.75) is 20.0 Å². The highest BCUT2D eigenvalue weighted by Crippen LogP contribution is 2.17. The summed E-state index contributed by atoms with van der Waals surface area (Å²) in [7, 11) is 0. The SMILES string of the molecule is CC(C)Oc1ccc(NC(=O)C(=O)Nc2ccc(F)cc2)cc1. The minimum atomic E-state index is -0.834. The van der Waals surface area contributed by atoms with Crippen molar-refractivity contribution in [3.63, 3.8) is 0 Å². The van der Waals surface area contributed by atoms with Gasteiger partial charge < -0.3 is 15.4 Å². The predicted molar refractivity (Wildman–Crippen MR) is 85.9 cm³/mol. The third-order valence-electron chi connectivity index (χ3n) is 2.79. The molecule has 2 rings (SSSR count). The van der Waals surface area contributed by atoms with Gasteiger partial charge in [0.15, 0.2) is 0 Å². The van der Waals surface area contributed by atoms with Crippen molar-refractivity contribution in [2.24, 2.45) is 0 Å². The Balaban J connectivity index is 1.92. The van der Waals surface area contributed by atoms with E-state index in [1.165, 1.54) is 24.3 Å². The summed E-state index contributed by atoms with van der Waals surface area (Å²) in [6, 6.07) is 11.8. The number of hydrogen-bond donors (Lipinski definition) is 2. The Morgan fingerprint density at radius 3 is 1.74 bits per heavy atom. The third-order valence-corrected chi connectivity index (χ3v) is 2.79. The molecule has 0 aromatic heterocycles. The van der Waals surface area contributed by atoms with E-state index in [9.17, 15) is 14.0 Å². The fourth-order valence-corrected chi connectivity index (χ4v) is 1.80. The molecule has 0 radical (unpaired) electrons. The van der Waals surface area contributed by atoms with Crippen LogP contribution in [0.5, 0.6) is 5.75 Å². The van der Waals surface area contributed by atoms with Gasteiger partial charge in [-0.25, -0.2) is 4.39 Å². The van der Waals surface area contributed by atoms with Crippen molar-refractivity contribution in [1.29, 1.82) is 0 Å². The van der Waals surface area contributed by atoms with Gasteiger partial charge in [0.05, 0.1) is 6.10 Å². The number of carbonyl (C=O) groups excluding carboxylic acids is 2. The highest BCUT2D eigenvalue weighted by atomic mass is 19.1. The van der Waals surface area contributed by atoms with E-state index in [-0.39, 0.29) is 6.10 Å². The normalized spacial score (nSPS) is 10.3. The van der Waals surface area contributed by atoms with E-state index >= 15 is 0 Å². The summed E-state index contributed by atoms with van der Waals surface area (Å²) in [5.74, 6) is -1.39. The molecule has 23 heavy (non-hydrogen) atoms. The van der Waals surface area contributed by atoms with E-state index in [4.69, 9.17) is 4.74 Å². The second kappa shape index (κ2) is 7.40. The predicted octanol–water partition coefficient (Wildman–Crippen LogP) is 3.19. The molecule has 2 amide bonds. The smallest absolute Gasteiger partial charge is 0.314 e. The van der Waals surface area contributed by atoms with Crippen LogP contribution in [0.25, 0.3) is 0 Å². The third kappa shape index (κ3) is 5.10. The van der Waals surface area contributed by atoms with Crippen molar-refractivity contribution in [3.8, 4) is 5.75 Å². The van der Waals surface area contributed by atoms with Crippen LogP contribution in [-0.4, -0.2) is 17.9 Å². The molecule has 0 saturated heterocycles. The molecule has 5 nitrogen and oxygen atoms in total. The highest BCUT2D eigenvalue weighted by Gasteiger charge is 2.14. The zero-order valence-electron chi connectivity index (χ0n) is 12.8. The lowest BCUT2D eigenvalue weighted by Gasteiger charge is -2.10. The van der Waals surface area contributed by atoms with E-state index < -0.39 is 17.6 Å². The first-order valence-corrected chi connectivity index (χ1v) is 7.08. The lowest BCUT2D eigenvalue weighted by Crippen LogP contribution is -2.29. The number of ether oxygens (including phenoxy) is 1. The van der Waals surface area contributed by atoms with Crippen molar-refractivity contribution in [1.82, 2.24) is 0 Å². The fraction of sp³-hybridized carbons (Fsp3) is 0.176. The van der Waals surface area contributed by atoms with Crippen molar-refractivity contribution < 1.29 is 18.7 Å². The average Bonchev–Trinajstić information content (AvgIpc) is 2.51. The molecule has 2 aromatic carbocycles. The molecule has 0 fully saturated rings. The lowest BCUT2D eigenvalue weighted by molar-refractivity contribution is -0.132. The second-order valence-corrected chi connectivity index (χ2v) is 5.11. The zero-order valence-corrected chi connectivity index (χ0v) is 12.8. The molecule has 0 aliphatic rings. The average molecular weight is 316 g/mol. The first-order chi connectivity index (χ1) is 10.9. The largest absolute Gasteiger partial charge is 0.491 e. The van der Waals surface area contributed by atoms with E-state index in [2.05, 4.69) is 10.6 Å². The van der Waals surface area contributed by atoms with Gasteiger partial charge in [-0.1, -0.05) is 0 Å². The second-order valence-electron chi connectivity index (χ2n) is 5.11. The van der Waals surface area contributed by atoms with Crippen LogP contribution in [-0.2, 0) is 9.59 Å². The fourth-order valence-electron chi connectivity index (χ4n) is 1.80. The van der Waals surface area contributed by atoms with Crippen LogP contribution in [0.15, 0.2) is 48.5 Å². The van der Waals surface area contributed by atoms with E-state index in [1.54, 1.807) is 24.3 Å². The summed E-state index contributed by atoms with van der Waals surface area (Å²) in [6.45, 7) is 3.82. The molecule has 0 spiro atoms. The maximum Gasteiger partial charge on any atom is 0.314 e. The molecule has 0 unspecified atom stereocenters. The van der Waals surface area contributed by atoms with Gasteiger partial charge >= 0.3 is 11.8 Å². The number of nitrogens with one attached hydrogen (secondary N) is 2. The molecule has 0 saturated carbocycles. The maximum atomic E-state index is 12.8. The molecule has 0 aliphatic heterocycles. The summed E-state index contributed by atoms with van der Waals surface area (Å²) < 4.78 is 18.3. The van der Waals surface area contributed by atoms with Crippen LogP contribution in [0.4, 0.5) is 15.8 Å². The summed E-state index contributed by atoms with van der Waals surface area (Å²) >= 11 is 0. The number of benzene rings is 2. The van der Waals surface area contributed by atoms with Crippen molar-refractivity contribution in [2.75, 3.05) is 10.6 Å². The minimum Gasteiger partial charge on any atom is -0.491 e. The summed E-state index contributed by atoms with van der Waals surface area (Å²) in [6.07, 6.45) is 0.0527. The number of halogens is 1. The standard InChI is InChI=1S/C17H17FN2O3/c1-11(2)23-15-9-7-14(8-10-15)20-17(22)16(21)19-13-5-3-12(18)4-6-13/h3-11H,1-2H3,(H,19,21)(H,20,22). The van der Waals surface area contributed by atoms with E-state index in [1.807, 2.05) is 13.8 Å². The number of hydrogen-bond acceptors (Lipinski definition) is 3. The van der Waals surface area contributed by atoms with E-state index in [0.29, 0.717) is 17.1 Å². The molecular formula is C17H17FN2O3. The highest BCUT2D eigenvalue weighted by molar-refractivity contribution is 6.43. The maximum absolute atomic E-state index is 12.8. The van der Waals surface area contributed by atoms with Gasteiger partial charge in [-0.15, -0.1) is 0 Å². The first-order valence-electron chi connectivity index (χ1n) is 7.08. The summed E-state index contributed by atoms with van der Waals surface area (Å²) in [4.78, 5) is 23.6. The number of rotatable bonds is 4. The van der Waals surface area contributed by atoms with Crippen molar-refractivity contribution in [3.05, 3.63) is 54.3 Å². The first kappa shape index (κ1) is 16.5. The molecule has 2 N–H and O–H groups in total. The summed E-state index contributed by atoms with van der Waals surface area (Å²) in [5.41, 5.74) is 0.813. The molecule has 120 valence electrons. The number of carbonyl (C=O) groups is 2. The molecular weight excluding hydrogens is 299 g/mol. The Labute approximate surface area is 133 Å². The lowest BCUT2D eigenvalue weighted by atomic mass is 10.3. The van der Waals surface area contributed by atoms with Gasteiger partial charge in [-0.2, -0.15) is 0 Å². The molecule has 0 aliphatic carbocycles. The Morgan fingerprint density at radius 1 is 0.870 bits per heavy atom. The van der Waals surface area contributed by atoms with Gasteiger partial charge in [-0.05, 0) is 62.4 Å². The monoisotopic (exact) mass is 316 g/mol. The van der Waals surface area contributed by atoms with Gasteiger partial charge in [-0.3, -0.25) is 9.59 Å². The van der Waals surface area contributed by atoms with Crippen LogP contribution in [0.3, 0.4) is 0 Å². The van der Waals surface area contributed by atoms with Crippen LogP contribution in [0.1, 0.15) is 13.8 Å². The quantitative estimate of drug-likeness (QED) is 0.851. The van der Waals surface area contributed by atoms with Crippen molar-refractivity contribution >= 4 is 23.2 Å². The Kier molecular flexibility index (Phi) is 5.30. The van der Waals surface area contributed by atoms with Crippen LogP contribution >= 0.6 is 0 Å². The molecule has 0 heterocycles. The molecule has 0 atom stereocenters. The van der Waals surface area contributed by atoms with E-state index in [0.717, 1.165) is 0 Å². The van der Waals surface area contributed by atoms with Crippen LogP contribution < -0.4 is 15.4 Å². The Bertz CT molecular complexity index is 682. The number of amides is 2. The zero-order chi connectivity index (χ0) is 16.8. The van der Waals surface area contributed by atoms with Gasteiger partial charge in [0.2, 0.25) is 0 Å². The topological polar surface area (TPSA) is 67.4 Å². The molecule has 2 aromatic rings. The molecule has 6 heteroatoms.